The zero-order valence-electron chi connectivity index (χ0n) is 9.14. The number of halogens is 1. The van der Waals surface area contributed by atoms with Gasteiger partial charge >= 0.3 is 0 Å². The predicted octanol–water partition coefficient (Wildman–Crippen LogP) is 4.07. The van der Waals surface area contributed by atoms with Crippen molar-refractivity contribution in [3.05, 3.63) is 52.7 Å². The van der Waals surface area contributed by atoms with Crippen LogP contribution in [0.15, 0.2) is 46.3 Å². The molecule has 1 aromatic heterocycles. The van der Waals surface area contributed by atoms with Crippen LogP contribution < -0.4 is 0 Å². The summed E-state index contributed by atoms with van der Waals surface area (Å²) in [4.78, 5) is 5.43. The minimum Gasteiger partial charge on any atom is -0.246 e. The molecule has 0 aliphatic carbocycles. The summed E-state index contributed by atoms with van der Waals surface area (Å²) in [7, 11) is 0. The second-order valence-electron chi connectivity index (χ2n) is 3.50. The van der Waals surface area contributed by atoms with Crippen molar-refractivity contribution in [2.45, 2.75) is 16.8 Å². The predicted molar refractivity (Wildman–Crippen MR) is 69.3 cm³/mol. The molecule has 0 saturated heterocycles. The van der Waals surface area contributed by atoms with Gasteiger partial charge < -0.3 is 0 Å². The Morgan fingerprint density at radius 1 is 1.24 bits per heavy atom. The summed E-state index contributed by atoms with van der Waals surface area (Å²) in [6.07, 6.45) is 0. The van der Waals surface area contributed by atoms with Gasteiger partial charge in [0.25, 0.3) is 0 Å². The summed E-state index contributed by atoms with van der Waals surface area (Å²) in [6, 6.07) is 13.2. The van der Waals surface area contributed by atoms with Crippen LogP contribution in [-0.4, -0.2) is 4.98 Å². The largest absolute Gasteiger partial charge is 0.246 e. The van der Waals surface area contributed by atoms with E-state index in [2.05, 4.69) is 11.1 Å². The Morgan fingerprint density at radius 2 is 1.94 bits per heavy atom. The van der Waals surface area contributed by atoms with Crippen LogP contribution in [0.2, 0.25) is 5.02 Å². The Kier molecular flexibility index (Phi) is 3.68. The number of hydrogen-bond acceptors (Lipinski definition) is 3. The molecule has 0 radical (unpaired) electrons. The second kappa shape index (κ2) is 5.22. The molecule has 0 unspecified atom stereocenters. The SMILES string of the molecule is Cc1cc(C#N)cc(Sc2ccc(Cl)cc2)n1. The summed E-state index contributed by atoms with van der Waals surface area (Å²) in [6.45, 7) is 1.88. The number of rotatable bonds is 2. The van der Waals surface area contributed by atoms with Crippen LogP contribution >= 0.6 is 23.4 Å². The first-order chi connectivity index (χ1) is 8.17. The zero-order valence-corrected chi connectivity index (χ0v) is 10.7. The van der Waals surface area contributed by atoms with Crippen molar-refractivity contribution in [3.8, 4) is 6.07 Å². The van der Waals surface area contributed by atoms with E-state index in [1.165, 1.54) is 11.8 Å². The van der Waals surface area contributed by atoms with E-state index in [0.717, 1.165) is 15.6 Å². The fraction of sp³-hybridized carbons (Fsp3) is 0.0769. The minimum atomic E-state index is 0.633. The summed E-state index contributed by atoms with van der Waals surface area (Å²) in [5, 5.41) is 10.4. The Hall–Kier alpha value is -1.50. The summed E-state index contributed by atoms with van der Waals surface area (Å²) in [5.74, 6) is 0. The highest BCUT2D eigenvalue weighted by atomic mass is 35.5. The third-order valence-corrected chi connectivity index (χ3v) is 3.27. The molecule has 84 valence electrons. The lowest BCUT2D eigenvalue weighted by molar-refractivity contribution is 1.06. The standard InChI is InChI=1S/C13H9ClN2S/c1-9-6-10(8-15)7-13(16-9)17-12-4-2-11(14)3-5-12/h2-7H,1H3. The van der Waals surface area contributed by atoms with Gasteiger partial charge in [-0.1, -0.05) is 23.4 Å². The maximum absolute atomic E-state index is 8.88. The van der Waals surface area contributed by atoms with E-state index < -0.39 is 0 Å². The summed E-state index contributed by atoms with van der Waals surface area (Å²) < 4.78 is 0. The molecule has 0 atom stereocenters. The molecular weight excluding hydrogens is 252 g/mol. The first kappa shape index (κ1) is 12.0. The molecule has 0 aliphatic heterocycles. The van der Waals surface area contributed by atoms with E-state index in [-0.39, 0.29) is 0 Å². The first-order valence-electron chi connectivity index (χ1n) is 4.99. The van der Waals surface area contributed by atoms with Crippen molar-refractivity contribution in [2.24, 2.45) is 0 Å². The van der Waals surface area contributed by atoms with Crippen LogP contribution in [0.25, 0.3) is 0 Å². The van der Waals surface area contributed by atoms with E-state index in [0.29, 0.717) is 10.6 Å². The minimum absolute atomic E-state index is 0.633. The average Bonchev–Trinajstić information content (AvgIpc) is 2.31. The molecule has 0 saturated carbocycles. The van der Waals surface area contributed by atoms with Crippen LogP contribution in [0.3, 0.4) is 0 Å². The third-order valence-electron chi connectivity index (χ3n) is 2.10. The molecule has 0 bridgehead atoms. The van der Waals surface area contributed by atoms with Gasteiger partial charge in [-0.2, -0.15) is 5.26 Å². The van der Waals surface area contributed by atoms with E-state index in [1.54, 1.807) is 12.1 Å². The third kappa shape index (κ3) is 3.23. The number of benzene rings is 1. The van der Waals surface area contributed by atoms with Crippen molar-refractivity contribution in [1.82, 2.24) is 4.98 Å². The van der Waals surface area contributed by atoms with Crippen molar-refractivity contribution in [3.63, 3.8) is 0 Å². The van der Waals surface area contributed by atoms with Gasteiger partial charge in [0.05, 0.1) is 11.6 Å². The molecule has 2 aromatic rings. The molecular formula is C13H9ClN2S. The van der Waals surface area contributed by atoms with Gasteiger partial charge in [0, 0.05) is 15.6 Å². The van der Waals surface area contributed by atoms with E-state index in [1.807, 2.05) is 31.2 Å². The van der Waals surface area contributed by atoms with Crippen LogP contribution in [-0.2, 0) is 0 Å². The van der Waals surface area contributed by atoms with Crippen LogP contribution in [0.4, 0.5) is 0 Å². The zero-order chi connectivity index (χ0) is 12.3. The van der Waals surface area contributed by atoms with Gasteiger partial charge in [-0.25, -0.2) is 4.98 Å². The van der Waals surface area contributed by atoms with Gasteiger partial charge in [-0.15, -0.1) is 0 Å². The van der Waals surface area contributed by atoms with Gasteiger partial charge in [0.15, 0.2) is 0 Å². The molecule has 0 fully saturated rings. The molecule has 0 spiro atoms. The van der Waals surface area contributed by atoms with Gasteiger partial charge in [-0.05, 0) is 43.3 Å². The summed E-state index contributed by atoms with van der Waals surface area (Å²) >= 11 is 7.34. The molecule has 17 heavy (non-hydrogen) atoms. The molecule has 0 aliphatic rings. The highest BCUT2D eigenvalue weighted by molar-refractivity contribution is 7.99. The molecule has 4 heteroatoms. The number of hydrogen-bond donors (Lipinski definition) is 0. The van der Waals surface area contributed by atoms with Crippen molar-refractivity contribution >= 4 is 23.4 Å². The summed E-state index contributed by atoms with van der Waals surface area (Å²) in [5.41, 5.74) is 1.48. The Bertz CT molecular complexity index is 573. The molecule has 1 aromatic carbocycles. The highest BCUT2D eigenvalue weighted by Crippen LogP contribution is 2.27. The van der Waals surface area contributed by atoms with Crippen LogP contribution in [0, 0.1) is 18.3 Å². The Balaban J connectivity index is 2.27. The van der Waals surface area contributed by atoms with Crippen molar-refractivity contribution in [2.75, 3.05) is 0 Å². The Morgan fingerprint density at radius 3 is 2.59 bits per heavy atom. The van der Waals surface area contributed by atoms with Crippen molar-refractivity contribution in [1.29, 1.82) is 5.26 Å². The van der Waals surface area contributed by atoms with E-state index >= 15 is 0 Å². The van der Waals surface area contributed by atoms with Gasteiger partial charge in [0.2, 0.25) is 0 Å². The van der Waals surface area contributed by atoms with E-state index in [4.69, 9.17) is 16.9 Å². The quantitative estimate of drug-likeness (QED) is 0.817. The molecule has 2 nitrogen and oxygen atoms in total. The molecule has 1 heterocycles. The highest BCUT2D eigenvalue weighted by Gasteiger charge is 2.02. The van der Waals surface area contributed by atoms with Crippen LogP contribution in [0.5, 0.6) is 0 Å². The van der Waals surface area contributed by atoms with Crippen molar-refractivity contribution < 1.29 is 0 Å². The lowest BCUT2D eigenvalue weighted by Gasteiger charge is -2.03. The first-order valence-corrected chi connectivity index (χ1v) is 6.19. The Labute approximate surface area is 109 Å². The number of aryl methyl sites for hydroxylation is 1. The lowest BCUT2D eigenvalue weighted by Crippen LogP contribution is -1.87. The van der Waals surface area contributed by atoms with Gasteiger partial charge in [-0.3, -0.25) is 0 Å². The number of nitrogens with zero attached hydrogens (tertiary/aromatic N) is 2. The monoisotopic (exact) mass is 260 g/mol. The fourth-order valence-corrected chi connectivity index (χ4v) is 2.39. The number of aromatic nitrogens is 1. The van der Waals surface area contributed by atoms with Gasteiger partial charge in [0.1, 0.15) is 5.03 Å². The number of pyridine rings is 1. The molecule has 0 amide bonds. The smallest absolute Gasteiger partial charge is 0.102 e. The lowest BCUT2D eigenvalue weighted by atomic mass is 10.2. The van der Waals surface area contributed by atoms with Crippen LogP contribution in [0.1, 0.15) is 11.3 Å². The topological polar surface area (TPSA) is 36.7 Å². The molecule has 2 rings (SSSR count). The normalized spacial score (nSPS) is 9.94. The van der Waals surface area contributed by atoms with E-state index in [9.17, 15) is 0 Å². The average molecular weight is 261 g/mol. The number of nitriles is 1. The maximum Gasteiger partial charge on any atom is 0.102 e. The molecule has 0 N–H and O–H groups in total. The maximum atomic E-state index is 8.88. The second-order valence-corrected chi connectivity index (χ2v) is 5.03. The fourth-order valence-electron chi connectivity index (χ4n) is 1.38.